The number of rotatable bonds is 8. The van der Waals surface area contributed by atoms with Crippen molar-refractivity contribution >= 4 is 22.8 Å². The van der Waals surface area contributed by atoms with E-state index in [1.165, 1.54) is 12.8 Å². The summed E-state index contributed by atoms with van der Waals surface area (Å²) in [6.07, 6.45) is 4.32. The van der Waals surface area contributed by atoms with Crippen molar-refractivity contribution in [3.63, 3.8) is 0 Å². The van der Waals surface area contributed by atoms with E-state index in [9.17, 15) is 14.7 Å². The van der Waals surface area contributed by atoms with E-state index in [0.717, 1.165) is 44.5 Å². The van der Waals surface area contributed by atoms with Gasteiger partial charge in [0.25, 0.3) is 5.91 Å². The number of aromatic carboxylic acids is 1. The standard InChI is InChI=1S/C35H33N3O3/c1-21-23(3)38(20-24-8-10-25(11-9-24)29-6-4-5-7-30(29)35(40)41)33-17-15-27(18-31(21)33)34(39)37-22(2)28-14-16-32(36-19-28)26-12-13-26/h4-11,14-19,22,26H,12-13,20H2,1-3H3,(H,37,39)(H,40,41). The Hall–Kier alpha value is -4.71. The molecule has 6 rings (SSSR count). The molecule has 0 bridgehead atoms. The van der Waals surface area contributed by atoms with Gasteiger partial charge in [0, 0.05) is 46.5 Å². The second kappa shape index (κ2) is 10.7. The summed E-state index contributed by atoms with van der Waals surface area (Å²) in [6.45, 7) is 6.86. The van der Waals surface area contributed by atoms with Crippen LogP contribution in [0.25, 0.3) is 22.0 Å². The molecule has 2 aromatic heterocycles. The third-order valence-corrected chi connectivity index (χ3v) is 8.32. The highest BCUT2D eigenvalue weighted by molar-refractivity contribution is 5.99. The first-order valence-corrected chi connectivity index (χ1v) is 14.1. The fourth-order valence-electron chi connectivity index (χ4n) is 5.55. The number of pyridine rings is 1. The van der Waals surface area contributed by atoms with Gasteiger partial charge in [-0.1, -0.05) is 48.5 Å². The van der Waals surface area contributed by atoms with Crippen molar-refractivity contribution in [2.45, 2.75) is 52.1 Å². The summed E-state index contributed by atoms with van der Waals surface area (Å²) in [6, 6.07) is 25.0. The van der Waals surface area contributed by atoms with Crippen molar-refractivity contribution in [3.8, 4) is 11.1 Å². The molecule has 1 saturated carbocycles. The average Bonchev–Trinajstić information content (AvgIpc) is 3.82. The minimum atomic E-state index is -0.934. The van der Waals surface area contributed by atoms with Crippen LogP contribution in [-0.4, -0.2) is 26.5 Å². The Bertz CT molecular complexity index is 1760. The maximum Gasteiger partial charge on any atom is 0.336 e. The number of benzene rings is 3. The van der Waals surface area contributed by atoms with Crippen LogP contribution in [0.2, 0.25) is 0 Å². The molecule has 0 radical (unpaired) electrons. The average molecular weight is 544 g/mol. The minimum Gasteiger partial charge on any atom is -0.478 e. The monoisotopic (exact) mass is 543 g/mol. The van der Waals surface area contributed by atoms with Crippen molar-refractivity contribution in [1.82, 2.24) is 14.9 Å². The van der Waals surface area contributed by atoms with E-state index in [-0.39, 0.29) is 11.9 Å². The summed E-state index contributed by atoms with van der Waals surface area (Å²) in [5.74, 6) is -0.426. The molecule has 6 nitrogen and oxygen atoms in total. The largest absolute Gasteiger partial charge is 0.478 e. The number of carbonyl (C=O) groups excluding carboxylic acids is 1. The van der Waals surface area contributed by atoms with Crippen molar-refractivity contribution in [2.75, 3.05) is 0 Å². The lowest BCUT2D eigenvalue weighted by atomic mass is 9.99. The summed E-state index contributed by atoms with van der Waals surface area (Å²) in [7, 11) is 0. The maximum absolute atomic E-state index is 13.2. The van der Waals surface area contributed by atoms with Gasteiger partial charge in [0.15, 0.2) is 0 Å². The number of nitrogens with zero attached hydrogens (tertiary/aromatic N) is 2. The van der Waals surface area contributed by atoms with Gasteiger partial charge in [0.05, 0.1) is 11.6 Å². The highest BCUT2D eigenvalue weighted by atomic mass is 16.4. The number of hydrogen-bond acceptors (Lipinski definition) is 3. The molecule has 5 aromatic rings. The second-order valence-electron chi connectivity index (χ2n) is 11.1. The second-order valence-corrected chi connectivity index (χ2v) is 11.1. The summed E-state index contributed by atoms with van der Waals surface area (Å²) >= 11 is 0. The smallest absolute Gasteiger partial charge is 0.336 e. The molecule has 2 N–H and O–H groups in total. The Morgan fingerprint density at radius 2 is 1.76 bits per heavy atom. The summed E-state index contributed by atoms with van der Waals surface area (Å²) in [5, 5.41) is 13.7. The van der Waals surface area contributed by atoms with Gasteiger partial charge < -0.3 is 15.0 Å². The zero-order chi connectivity index (χ0) is 28.7. The Morgan fingerprint density at radius 3 is 2.44 bits per heavy atom. The van der Waals surface area contributed by atoms with E-state index in [2.05, 4.69) is 40.8 Å². The fraction of sp³-hybridized carbons (Fsp3) is 0.229. The molecule has 0 aliphatic heterocycles. The number of nitrogens with one attached hydrogen (secondary N) is 1. The molecule has 1 fully saturated rings. The summed E-state index contributed by atoms with van der Waals surface area (Å²) in [4.78, 5) is 29.4. The molecule has 0 spiro atoms. The van der Waals surface area contributed by atoms with Crippen LogP contribution < -0.4 is 5.32 Å². The van der Waals surface area contributed by atoms with Crippen molar-refractivity contribution in [1.29, 1.82) is 0 Å². The Morgan fingerprint density at radius 1 is 1.00 bits per heavy atom. The number of aromatic nitrogens is 2. The molecule has 1 atom stereocenters. The van der Waals surface area contributed by atoms with Gasteiger partial charge in [-0.05, 0) is 91.8 Å². The van der Waals surface area contributed by atoms with Gasteiger partial charge in [-0.15, -0.1) is 0 Å². The number of carbonyl (C=O) groups is 2. The first-order valence-electron chi connectivity index (χ1n) is 14.1. The SMILES string of the molecule is Cc1c(C)n(Cc2ccc(-c3ccccc3C(=O)O)cc2)c2ccc(C(=O)NC(C)c3ccc(C4CC4)nc3)cc12. The zero-order valence-corrected chi connectivity index (χ0v) is 23.5. The fourth-order valence-corrected chi connectivity index (χ4v) is 5.55. The number of carboxylic acid groups (broad SMARTS) is 1. The minimum absolute atomic E-state index is 0.104. The molecule has 6 heteroatoms. The molecule has 1 aliphatic carbocycles. The van der Waals surface area contributed by atoms with Gasteiger partial charge in [-0.2, -0.15) is 0 Å². The van der Waals surface area contributed by atoms with E-state index >= 15 is 0 Å². The van der Waals surface area contributed by atoms with Crippen LogP contribution in [0, 0.1) is 13.8 Å². The van der Waals surface area contributed by atoms with Crippen LogP contribution in [0.1, 0.15) is 80.5 Å². The maximum atomic E-state index is 13.2. The summed E-state index contributed by atoms with van der Waals surface area (Å²) < 4.78 is 2.27. The van der Waals surface area contributed by atoms with Crippen LogP contribution >= 0.6 is 0 Å². The number of carboxylic acids is 1. The lowest BCUT2D eigenvalue weighted by Crippen LogP contribution is -2.26. The van der Waals surface area contributed by atoms with Gasteiger partial charge >= 0.3 is 5.97 Å². The van der Waals surface area contributed by atoms with E-state index < -0.39 is 5.97 Å². The van der Waals surface area contributed by atoms with Gasteiger partial charge in [0.2, 0.25) is 0 Å². The predicted molar refractivity (Wildman–Crippen MR) is 161 cm³/mol. The lowest BCUT2D eigenvalue weighted by Gasteiger charge is -2.15. The van der Waals surface area contributed by atoms with E-state index in [1.807, 2.05) is 67.7 Å². The number of aryl methyl sites for hydroxylation is 1. The normalized spacial score (nSPS) is 13.7. The Balaban J connectivity index is 1.20. The molecule has 41 heavy (non-hydrogen) atoms. The third kappa shape index (κ3) is 5.25. The zero-order valence-electron chi connectivity index (χ0n) is 23.5. The van der Waals surface area contributed by atoms with Crippen LogP contribution in [-0.2, 0) is 6.54 Å². The Kier molecular flexibility index (Phi) is 6.91. The van der Waals surface area contributed by atoms with E-state index in [0.29, 0.717) is 29.2 Å². The van der Waals surface area contributed by atoms with Crippen molar-refractivity contribution in [2.24, 2.45) is 0 Å². The van der Waals surface area contributed by atoms with Crippen LogP contribution in [0.5, 0.6) is 0 Å². The molecule has 3 aromatic carbocycles. The topological polar surface area (TPSA) is 84.2 Å². The first kappa shape index (κ1) is 26.5. The quantitative estimate of drug-likeness (QED) is 0.213. The van der Waals surface area contributed by atoms with Crippen LogP contribution in [0.4, 0.5) is 0 Å². The molecule has 206 valence electrons. The molecule has 1 amide bonds. The highest BCUT2D eigenvalue weighted by Gasteiger charge is 2.25. The lowest BCUT2D eigenvalue weighted by molar-refractivity contribution is 0.0697. The number of hydrogen-bond donors (Lipinski definition) is 2. The molecule has 0 saturated heterocycles. The molecular weight excluding hydrogens is 510 g/mol. The predicted octanol–water partition coefficient (Wildman–Crippen LogP) is 7.44. The molecule has 1 unspecified atom stereocenters. The summed E-state index contributed by atoms with van der Waals surface area (Å²) in [5.41, 5.74) is 9.13. The van der Waals surface area contributed by atoms with Crippen molar-refractivity contribution < 1.29 is 14.7 Å². The molecule has 1 aliphatic rings. The van der Waals surface area contributed by atoms with E-state index in [4.69, 9.17) is 0 Å². The molecular formula is C35H33N3O3. The van der Waals surface area contributed by atoms with Gasteiger partial charge in [0.1, 0.15) is 0 Å². The van der Waals surface area contributed by atoms with Crippen LogP contribution in [0.15, 0.2) is 85.1 Å². The van der Waals surface area contributed by atoms with Gasteiger partial charge in [-0.3, -0.25) is 9.78 Å². The first-order chi connectivity index (χ1) is 19.8. The highest BCUT2D eigenvalue weighted by Crippen LogP contribution is 2.39. The number of amides is 1. The van der Waals surface area contributed by atoms with E-state index in [1.54, 1.807) is 12.1 Å². The van der Waals surface area contributed by atoms with Gasteiger partial charge in [-0.25, -0.2) is 4.79 Å². The van der Waals surface area contributed by atoms with Crippen LogP contribution in [0.3, 0.4) is 0 Å². The number of fused-ring (bicyclic) bond motifs is 1. The molecule has 2 heterocycles. The van der Waals surface area contributed by atoms with Crippen molar-refractivity contribution in [3.05, 3.63) is 124 Å². The third-order valence-electron chi connectivity index (χ3n) is 8.32. The Labute approximate surface area is 239 Å².